The van der Waals surface area contributed by atoms with Crippen molar-refractivity contribution in [1.29, 1.82) is 0 Å². The summed E-state index contributed by atoms with van der Waals surface area (Å²) >= 11 is 0.978. The number of rotatable bonds is 7. The van der Waals surface area contributed by atoms with E-state index in [0.29, 0.717) is 12.8 Å². The van der Waals surface area contributed by atoms with Gasteiger partial charge < -0.3 is 10.4 Å². The Morgan fingerprint density at radius 3 is 2.55 bits per heavy atom. The third-order valence-electron chi connectivity index (χ3n) is 2.68. The molecule has 0 saturated carbocycles. The van der Waals surface area contributed by atoms with Crippen molar-refractivity contribution >= 4 is 33.1 Å². The molecule has 0 fully saturated rings. The highest BCUT2D eigenvalue weighted by Crippen LogP contribution is 2.19. The van der Waals surface area contributed by atoms with Crippen molar-refractivity contribution in [3.8, 4) is 0 Å². The summed E-state index contributed by atoms with van der Waals surface area (Å²) in [7, 11) is -3.36. The van der Waals surface area contributed by atoms with Gasteiger partial charge in [-0.1, -0.05) is 19.8 Å². The lowest BCUT2D eigenvalue weighted by molar-refractivity contribution is -0.139. The zero-order valence-corrected chi connectivity index (χ0v) is 12.9. The third kappa shape index (κ3) is 4.61. The predicted molar refractivity (Wildman–Crippen MR) is 75.8 cm³/mol. The van der Waals surface area contributed by atoms with Gasteiger partial charge in [-0.05, 0) is 12.5 Å². The monoisotopic (exact) mass is 319 g/mol. The van der Waals surface area contributed by atoms with E-state index in [1.54, 1.807) is 0 Å². The van der Waals surface area contributed by atoms with E-state index < -0.39 is 27.8 Å². The SMILES string of the molecule is CCCCC(NC(=O)c1cc(S(C)(=O)=O)cs1)C(=O)O. The number of carboxylic acids is 1. The van der Waals surface area contributed by atoms with Crippen molar-refractivity contribution in [2.75, 3.05) is 6.26 Å². The molecule has 1 unspecified atom stereocenters. The van der Waals surface area contributed by atoms with E-state index in [-0.39, 0.29) is 9.77 Å². The van der Waals surface area contributed by atoms with Crippen LogP contribution in [0.1, 0.15) is 35.9 Å². The van der Waals surface area contributed by atoms with Gasteiger partial charge in [0.05, 0.1) is 9.77 Å². The van der Waals surface area contributed by atoms with E-state index in [0.717, 1.165) is 24.0 Å². The van der Waals surface area contributed by atoms with Gasteiger partial charge in [-0.25, -0.2) is 13.2 Å². The van der Waals surface area contributed by atoms with Gasteiger partial charge in [0.25, 0.3) is 5.91 Å². The van der Waals surface area contributed by atoms with Crippen LogP contribution in [0.15, 0.2) is 16.3 Å². The van der Waals surface area contributed by atoms with E-state index in [4.69, 9.17) is 5.11 Å². The van der Waals surface area contributed by atoms with E-state index >= 15 is 0 Å². The Labute approximate surface area is 121 Å². The minimum absolute atomic E-state index is 0.0630. The van der Waals surface area contributed by atoms with Crippen molar-refractivity contribution in [1.82, 2.24) is 5.32 Å². The van der Waals surface area contributed by atoms with Gasteiger partial charge in [0.2, 0.25) is 0 Å². The van der Waals surface area contributed by atoms with Crippen LogP contribution < -0.4 is 5.32 Å². The number of nitrogens with one attached hydrogen (secondary N) is 1. The van der Waals surface area contributed by atoms with E-state index in [9.17, 15) is 18.0 Å². The summed E-state index contributed by atoms with van der Waals surface area (Å²) in [5, 5.41) is 12.8. The zero-order chi connectivity index (χ0) is 15.3. The molecule has 0 aliphatic rings. The predicted octanol–water partition coefficient (Wildman–Crippen LogP) is 1.52. The number of hydrogen-bond acceptors (Lipinski definition) is 5. The Balaban J connectivity index is 2.79. The van der Waals surface area contributed by atoms with Crippen molar-refractivity contribution in [3.05, 3.63) is 16.3 Å². The molecule has 0 bridgehead atoms. The maximum absolute atomic E-state index is 11.9. The number of sulfone groups is 1. The standard InChI is InChI=1S/C12H17NO5S2/c1-3-4-5-9(12(15)16)13-11(14)10-6-8(7-19-10)20(2,17)18/h6-7,9H,3-5H2,1-2H3,(H,13,14)(H,15,16). The van der Waals surface area contributed by atoms with E-state index in [1.807, 2.05) is 6.92 Å². The zero-order valence-electron chi connectivity index (χ0n) is 11.3. The number of carboxylic acid groups (broad SMARTS) is 1. The number of carbonyl (C=O) groups is 2. The average molecular weight is 319 g/mol. The molecule has 6 nitrogen and oxygen atoms in total. The molecular weight excluding hydrogens is 302 g/mol. The molecule has 1 atom stereocenters. The molecule has 0 saturated heterocycles. The number of carbonyl (C=O) groups excluding carboxylic acids is 1. The summed E-state index contributed by atoms with van der Waals surface area (Å²) in [5.74, 6) is -1.65. The van der Waals surface area contributed by atoms with Crippen LogP contribution in [0.3, 0.4) is 0 Å². The van der Waals surface area contributed by atoms with Crippen LogP contribution in [0.5, 0.6) is 0 Å². The average Bonchev–Trinajstić information content (AvgIpc) is 2.83. The molecule has 112 valence electrons. The lowest BCUT2D eigenvalue weighted by Gasteiger charge is -2.13. The summed E-state index contributed by atoms with van der Waals surface area (Å²) in [5.41, 5.74) is 0. The molecule has 8 heteroatoms. The Bertz CT molecular complexity index is 591. The molecular formula is C12H17NO5S2. The van der Waals surface area contributed by atoms with Crippen molar-refractivity contribution in [2.45, 2.75) is 37.1 Å². The van der Waals surface area contributed by atoms with Crippen LogP contribution in [-0.4, -0.2) is 37.7 Å². The molecule has 0 radical (unpaired) electrons. The Hall–Kier alpha value is -1.41. The van der Waals surface area contributed by atoms with Gasteiger partial charge in [0, 0.05) is 11.6 Å². The Kier molecular flexibility index (Phi) is 5.70. The summed E-state index contributed by atoms with van der Waals surface area (Å²) in [4.78, 5) is 23.2. The second kappa shape index (κ2) is 6.85. The van der Waals surface area contributed by atoms with Gasteiger partial charge in [-0.3, -0.25) is 4.79 Å². The maximum Gasteiger partial charge on any atom is 0.326 e. The number of unbranched alkanes of at least 4 members (excludes halogenated alkanes) is 1. The Morgan fingerprint density at radius 1 is 1.45 bits per heavy atom. The van der Waals surface area contributed by atoms with Gasteiger partial charge >= 0.3 is 5.97 Å². The van der Waals surface area contributed by atoms with Crippen LogP contribution in [0.25, 0.3) is 0 Å². The van der Waals surface area contributed by atoms with Crippen LogP contribution in [-0.2, 0) is 14.6 Å². The number of thiophene rings is 1. The maximum atomic E-state index is 11.9. The minimum atomic E-state index is -3.36. The molecule has 20 heavy (non-hydrogen) atoms. The van der Waals surface area contributed by atoms with Gasteiger partial charge in [0.15, 0.2) is 9.84 Å². The first kappa shape index (κ1) is 16.6. The highest BCUT2D eigenvalue weighted by atomic mass is 32.2. The van der Waals surface area contributed by atoms with Crippen LogP contribution >= 0.6 is 11.3 Å². The molecule has 1 amide bonds. The summed E-state index contributed by atoms with van der Waals surface area (Å²) in [6.45, 7) is 1.93. The van der Waals surface area contributed by atoms with Crippen LogP contribution in [0.2, 0.25) is 0 Å². The summed E-state index contributed by atoms with van der Waals surface area (Å²) in [6.07, 6.45) is 2.92. The van der Waals surface area contributed by atoms with Crippen molar-refractivity contribution < 1.29 is 23.1 Å². The van der Waals surface area contributed by atoms with Crippen LogP contribution in [0.4, 0.5) is 0 Å². The molecule has 0 aliphatic carbocycles. The first-order valence-electron chi connectivity index (χ1n) is 6.08. The fraction of sp³-hybridized carbons (Fsp3) is 0.500. The van der Waals surface area contributed by atoms with Gasteiger partial charge in [-0.15, -0.1) is 11.3 Å². The lowest BCUT2D eigenvalue weighted by Crippen LogP contribution is -2.40. The third-order valence-corrected chi connectivity index (χ3v) is 4.85. The summed E-state index contributed by atoms with van der Waals surface area (Å²) in [6, 6.07) is 0.305. The fourth-order valence-electron chi connectivity index (χ4n) is 1.53. The molecule has 0 aromatic carbocycles. The van der Waals surface area contributed by atoms with Crippen molar-refractivity contribution in [3.63, 3.8) is 0 Å². The first-order valence-corrected chi connectivity index (χ1v) is 8.85. The minimum Gasteiger partial charge on any atom is -0.480 e. The molecule has 1 aromatic heterocycles. The molecule has 1 heterocycles. The second-order valence-corrected chi connectivity index (χ2v) is 7.35. The number of aliphatic carboxylic acids is 1. The highest BCUT2D eigenvalue weighted by molar-refractivity contribution is 7.90. The van der Waals surface area contributed by atoms with Gasteiger partial charge in [0.1, 0.15) is 6.04 Å². The fourth-order valence-corrected chi connectivity index (χ4v) is 3.45. The van der Waals surface area contributed by atoms with E-state index in [2.05, 4.69) is 5.32 Å². The number of hydrogen-bond donors (Lipinski definition) is 2. The topological polar surface area (TPSA) is 101 Å². The molecule has 0 aliphatic heterocycles. The molecule has 1 rings (SSSR count). The largest absolute Gasteiger partial charge is 0.480 e. The lowest BCUT2D eigenvalue weighted by atomic mass is 10.1. The van der Waals surface area contributed by atoms with Crippen LogP contribution in [0, 0.1) is 0 Å². The number of amides is 1. The molecule has 1 aromatic rings. The second-order valence-electron chi connectivity index (χ2n) is 4.43. The first-order chi connectivity index (χ1) is 9.25. The van der Waals surface area contributed by atoms with Gasteiger partial charge in [-0.2, -0.15) is 0 Å². The summed E-state index contributed by atoms with van der Waals surface area (Å²) < 4.78 is 22.6. The Morgan fingerprint density at radius 2 is 2.10 bits per heavy atom. The highest BCUT2D eigenvalue weighted by Gasteiger charge is 2.22. The smallest absolute Gasteiger partial charge is 0.326 e. The molecule has 2 N–H and O–H groups in total. The molecule has 0 spiro atoms. The van der Waals surface area contributed by atoms with Crippen molar-refractivity contribution in [2.24, 2.45) is 0 Å². The normalized spacial score (nSPS) is 12.9. The van der Waals surface area contributed by atoms with E-state index in [1.165, 1.54) is 11.4 Å². The quantitative estimate of drug-likeness (QED) is 0.793.